The zero-order valence-corrected chi connectivity index (χ0v) is 11.6. The number of alkyl halides is 3. The molecule has 116 valence electrons. The minimum atomic E-state index is -4.42. The van der Waals surface area contributed by atoms with Crippen molar-refractivity contribution in [3.05, 3.63) is 11.3 Å². The number of aromatic nitrogens is 2. The molecule has 0 aromatic carbocycles. The molecule has 1 aromatic heterocycles. The molecule has 10 heteroatoms. The van der Waals surface area contributed by atoms with E-state index >= 15 is 0 Å². The zero-order chi connectivity index (χ0) is 15.6. The Hall–Kier alpha value is -1.77. The second-order valence-corrected chi connectivity index (χ2v) is 5.01. The van der Waals surface area contributed by atoms with Gasteiger partial charge in [0.1, 0.15) is 29.8 Å². The minimum Gasteiger partial charge on any atom is -0.382 e. The molecule has 1 atom stereocenters. The Morgan fingerprint density at radius 1 is 1.48 bits per heavy atom. The van der Waals surface area contributed by atoms with Crippen molar-refractivity contribution >= 4 is 29.1 Å². The van der Waals surface area contributed by atoms with Gasteiger partial charge in [-0.25, -0.2) is 9.97 Å². The molecule has 1 unspecified atom stereocenters. The molecule has 3 N–H and O–H groups in total. The first-order valence-corrected chi connectivity index (χ1v) is 6.54. The number of hydrogen-bond acceptors (Lipinski definition) is 5. The number of nitrogens with one attached hydrogen (secondary N) is 1. The van der Waals surface area contributed by atoms with Crippen molar-refractivity contribution < 1.29 is 18.0 Å². The Morgan fingerprint density at radius 3 is 2.86 bits per heavy atom. The van der Waals surface area contributed by atoms with Gasteiger partial charge in [-0.15, -0.1) is 0 Å². The minimum absolute atomic E-state index is 0.0320. The molecule has 0 aliphatic carbocycles. The molecule has 0 radical (unpaired) electrons. The number of halogens is 4. The molecule has 1 aliphatic heterocycles. The van der Waals surface area contributed by atoms with Crippen molar-refractivity contribution in [1.29, 1.82) is 0 Å². The first-order chi connectivity index (χ1) is 9.78. The third-order valence-corrected chi connectivity index (χ3v) is 3.40. The number of piperidine rings is 1. The third kappa shape index (κ3) is 3.87. The number of nitrogen functional groups attached to an aromatic ring is 1. The molecule has 6 nitrogen and oxygen atoms in total. The van der Waals surface area contributed by atoms with Gasteiger partial charge in [0, 0.05) is 6.54 Å². The first kappa shape index (κ1) is 15.6. The van der Waals surface area contributed by atoms with Crippen LogP contribution in [0.15, 0.2) is 6.33 Å². The van der Waals surface area contributed by atoms with Gasteiger partial charge in [-0.2, -0.15) is 13.2 Å². The number of amides is 1. The topological polar surface area (TPSA) is 84.1 Å². The van der Waals surface area contributed by atoms with Crippen molar-refractivity contribution in [2.24, 2.45) is 0 Å². The van der Waals surface area contributed by atoms with Gasteiger partial charge in [-0.05, 0) is 12.8 Å². The largest absolute Gasteiger partial charge is 0.406 e. The summed E-state index contributed by atoms with van der Waals surface area (Å²) in [5.41, 5.74) is 5.50. The van der Waals surface area contributed by atoms with Crippen LogP contribution in [0.25, 0.3) is 0 Å². The van der Waals surface area contributed by atoms with Crippen LogP contribution in [0.2, 0.25) is 5.02 Å². The number of nitrogens with two attached hydrogens (primary N) is 1. The maximum absolute atomic E-state index is 12.4. The SMILES string of the molecule is Nc1ncnc(NC2CCCN(CC(F)(F)F)C2=O)c1Cl. The molecule has 2 heterocycles. The monoisotopic (exact) mass is 323 g/mol. The lowest BCUT2D eigenvalue weighted by molar-refractivity contribution is -0.163. The van der Waals surface area contributed by atoms with Crippen LogP contribution in [0.5, 0.6) is 0 Å². The van der Waals surface area contributed by atoms with Crippen LogP contribution < -0.4 is 11.1 Å². The number of nitrogens with zero attached hydrogens (tertiary/aromatic N) is 3. The highest BCUT2D eigenvalue weighted by Crippen LogP contribution is 2.26. The van der Waals surface area contributed by atoms with Crippen LogP contribution in [0.4, 0.5) is 24.8 Å². The molecule has 0 spiro atoms. The molecule has 1 fully saturated rings. The number of carbonyl (C=O) groups is 1. The van der Waals surface area contributed by atoms with Crippen LogP contribution in [-0.2, 0) is 4.79 Å². The lowest BCUT2D eigenvalue weighted by atomic mass is 10.0. The van der Waals surface area contributed by atoms with Gasteiger partial charge in [-0.3, -0.25) is 4.79 Å². The highest BCUT2D eigenvalue weighted by atomic mass is 35.5. The van der Waals surface area contributed by atoms with Crippen molar-refractivity contribution in [3.63, 3.8) is 0 Å². The van der Waals surface area contributed by atoms with Crippen molar-refractivity contribution in [1.82, 2.24) is 14.9 Å². The lowest BCUT2D eigenvalue weighted by Crippen LogP contribution is -2.50. The van der Waals surface area contributed by atoms with E-state index in [0.29, 0.717) is 12.8 Å². The van der Waals surface area contributed by atoms with Crippen LogP contribution >= 0.6 is 11.6 Å². The lowest BCUT2D eigenvalue weighted by Gasteiger charge is -2.33. The molecule has 0 bridgehead atoms. The van der Waals surface area contributed by atoms with E-state index < -0.39 is 24.7 Å². The fourth-order valence-electron chi connectivity index (χ4n) is 2.10. The van der Waals surface area contributed by atoms with Crippen LogP contribution in [0, 0.1) is 0 Å². The summed E-state index contributed by atoms with van der Waals surface area (Å²) < 4.78 is 37.2. The fraction of sp³-hybridized carbons (Fsp3) is 0.545. The first-order valence-electron chi connectivity index (χ1n) is 6.16. The Labute approximate surface area is 123 Å². The summed E-state index contributed by atoms with van der Waals surface area (Å²) in [5.74, 6) is -0.465. The highest BCUT2D eigenvalue weighted by Gasteiger charge is 2.37. The van der Waals surface area contributed by atoms with E-state index in [1.807, 2.05) is 0 Å². The quantitative estimate of drug-likeness (QED) is 0.884. The number of hydrogen-bond donors (Lipinski definition) is 2. The molecule has 1 amide bonds. The Kier molecular flexibility index (Phi) is 4.40. The van der Waals surface area contributed by atoms with E-state index in [9.17, 15) is 18.0 Å². The fourth-order valence-corrected chi connectivity index (χ4v) is 2.25. The zero-order valence-electron chi connectivity index (χ0n) is 10.8. The Morgan fingerprint density at radius 2 is 2.19 bits per heavy atom. The molecular weight excluding hydrogens is 311 g/mol. The number of carbonyl (C=O) groups excluding carboxylic acids is 1. The van der Waals surface area contributed by atoms with Gasteiger partial charge in [-0.1, -0.05) is 11.6 Å². The highest BCUT2D eigenvalue weighted by molar-refractivity contribution is 6.35. The molecule has 2 rings (SSSR count). The average molecular weight is 324 g/mol. The maximum atomic E-state index is 12.4. The summed E-state index contributed by atoms with van der Waals surface area (Å²) in [7, 11) is 0. The maximum Gasteiger partial charge on any atom is 0.406 e. The predicted octanol–water partition coefficient (Wildman–Crippen LogP) is 1.68. The summed E-state index contributed by atoms with van der Waals surface area (Å²) in [5, 5.41) is 2.77. The van der Waals surface area contributed by atoms with Gasteiger partial charge < -0.3 is 16.0 Å². The molecule has 1 saturated heterocycles. The molecule has 0 saturated carbocycles. The summed E-state index contributed by atoms with van der Waals surface area (Å²) in [4.78, 5) is 20.3. The van der Waals surface area contributed by atoms with Crippen molar-refractivity contribution in [2.75, 3.05) is 24.1 Å². The van der Waals surface area contributed by atoms with Crippen molar-refractivity contribution in [2.45, 2.75) is 25.1 Å². The van der Waals surface area contributed by atoms with E-state index in [4.69, 9.17) is 17.3 Å². The van der Waals surface area contributed by atoms with Crippen LogP contribution in [0.1, 0.15) is 12.8 Å². The average Bonchev–Trinajstić information content (AvgIpc) is 2.38. The number of likely N-dealkylation sites (tertiary alicyclic amines) is 1. The second-order valence-electron chi connectivity index (χ2n) is 4.64. The summed E-state index contributed by atoms with van der Waals surface area (Å²) in [6, 6.07) is -0.812. The second kappa shape index (κ2) is 5.92. The van der Waals surface area contributed by atoms with Crippen molar-refractivity contribution in [3.8, 4) is 0 Å². The van der Waals surface area contributed by atoms with E-state index in [2.05, 4.69) is 15.3 Å². The smallest absolute Gasteiger partial charge is 0.382 e. The van der Waals surface area contributed by atoms with E-state index in [0.717, 1.165) is 11.2 Å². The van der Waals surface area contributed by atoms with Crippen LogP contribution in [0.3, 0.4) is 0 Å². The van der Waals surface area contributed by atoms with Crippen LogP contribution in [-0.4, -0.2) is 46.1 Å². The van der Waals surface area contributed by atoms with E-state index in [1.165, 1.54) is 0 Å². The number of anilines is 2. The summed E-state index contributed by atoms with van der Waals surface area (Å²) in [6.45, 7) is -1.18. The predicted molar refractivity (Wildman–Crippen MR) is 70.7 cm³/mol. The third-order valence-electron chi connectivity index (χ3n) is 3.03. The molecule has 1 aromatic rings. The Bertz CT molecular complexity index is 539. The van der Waals surface area contributed by atoms with Gasteiger partial charge >= 0.3 is 6.18 Å². The normalized spacial score (nSPS) is 19.7. The number of rotatable bonds is 3. The van der Waals surface area contributed by atoms with Gasteiger partial charge in [0.2, 0.25) is 5.91 Å². The summed E-state index contributed by atoms with van der Waals surface area (Å²) >= 11 is 5.89. The van der Waals surface area contributed by atoms with Gasteiger partial charge in [0.25, 0.3) is 0 Å². The molecular formula is C11H13ClF3N5O. The summed E-state index contributed by atoms with van der Waals surface area (Å²) in [6.07, 6.45) is -2.41. The molecule has 21 heavy (non-hydrogen) atoms. The van der Waals surface area contributed by atoms with E-state index in [-0.39, 0.29) is 23.2 Å². The standard InChI is InChI=1S/C11H13ClF3N5O/c12-7-8(16)17-5-18-9(7)19-6-2-1-3-20(10(6)21)4-11(13,14)15/h5-6H,1-4H2,(H3,16,17,18,19). The Balaban J connectivity index is 2.09. The van der Waals surface area contributed by atoms with Gasteiger partial charge in [0.15, 0.2) is 5.82 Å². The van der Waals surface area contributed by atoms with Gasteiger partial charge in [0.05, 0.1) is 0 Å². The van der Waals surface area contributed by atoms with E-state index in [1.54, 1.807) is 0 Å². The molecule has 1 aliphatic rings.